The fraction of sp³-hybridized carbons (Fsp3) is 0.429. The molecule has 0 heterocycles. The number of rotatable bonds is 6. The minimum atomic E-state index is -1.58. The second-order valence-electron chi connectivity index (χ2n) is 5.10. The van der Waals surface area contributed by atoms with Gasteiger partial charge in [0.1, 0.15) is 0 Å². The molecule has 0 aromatic rings. The molecular weight excluding hydrogens is 499 g/mol. The first-order valence-electron chi connectivity index (χ1n) is 6.35. The summed E-state index contributed by atoms with van der Waals surface area (Å²) in [5.74, 6) is -1.16. The number of methoxy groups -OCH3 is 2. The maximum atomic E-state index is 10.3. The van der Waals surface area contributed by atoms with Gasteiger partial charge < -0.3 is 13.6 Å². The third-order valence-electron chi connectivity index (χ3n) is 2.27. The van der Waals surface area contributed by atoms with Crippen molar-refractivity contribution in [2.24, 2.45) is 0 Å². The van der Waals surface area contributed by atoms with Gasteiger partial charge in [-0.15, -0.1) is 13.2 Å². The van der Waals surface area contributed by atoms with E-state index in [0.29, 0.717) is 0 Å². The van der Waals surface area contributed by atoms with Crippen molar-refractivity contribution >= 4 is 28.6 Å². The smallest absolute Gasteiger partial charge is 0.466 e. The molecule has 0 aromatic carbocycles. The van der Waals surface area contributed by atoms with Crippen molar-refractivity contribution < 1.29 is 44.2 Å². The van der Waals surface area contributed by atoms with Gasteiger partial charge in [-0.3, -0.25) is 0 Å². The van der Waals surface area contributed by atoms with E-state index in [1.165, 1.54) is 14.2 Å². The van der Waals surface area contributed by atoms with Gasteiger partial charge in [0.25, 0.3) is 0 Å². The maximum Gasteiger partial charge on any atom is 2.00 e. The van der Waals surface area contributed by atoms with E-state index in [1.54, 1.807) is 0 Å². The van der Waals surface area contributed by atoms with Crippen molar-refractivity contribution in [2.45, 2.75) is 26.2 Å². The minimum absolute atomic E-state index is 0. The van der Waals surface area contributed by atoms with Crippen LogP contribution in [0.25, 0.3) is 0 Å². The Labute approximate surface area is 149 Å². The van der Waals surface area contributed by atoms with Gasteiger partial charge in [-0.05, 0) is 26.2 Å². The second kappa shape index (κ2) is 12.8. The van der Waals surface area contributed by atoms with Gasteiger partial charge in [0, 0.05) is 12.2 Å². The fourth-order valence-electron chi connectivity index (χ4n) is 1.03. The number of ether oxygens (including phenoxy) is 2. The zero-order chi connectivity index (χ0) is 17.1. The van der Waals surface area contributed by atoms with Crippen LogP contribution in [0.2, 0.25) is 26.2 Å². The van der Waals surface area contributed by atoms with E-state index in [0.717, 1.165) is 12.2 Å². The topological polar surface area (TPSA) is 61.8 Å². The summed E-state index contributed by atoms with van der Waals surface area (Å²) in [4.78, 5) is 20.6. The monoisotopic (exact) mass is 525 g/mol. The van der Waals surface area contributed by atoms with Crippen LogP contribution in [0, 0.1) is 0 Å². The molecule has 0 aliphatic rings. The molecule has 0 saturated heterocycles. The Balaban J connectivity index is -0.000000315. The Morgan fingerprint density at radius 1 is 0.818 bits per heavy atom. The molecule has 22 heavy (non-hydrogen) atoms. The first kappa shape index (κ1) is 26.2. The van der Waals surface area contributed by atoms with Crippen LogP contribution in [0.1, 0.15) is 0 Å². The van der Waals surface area contributed by atoms with Crippen LogP contribution in [-0.4, -0.2) is 42.8 Å². The summed E-state index contributed by atoms with van der Waals surface area (Å²) in [5, 5.41) is 0. The Bertz CT molecular complexity index is 370. The van der Waals surface area contributed by atoms with E-state index in [1.807, 2.05) is 11.4 Å². The zero-order valence-corrected chi connectivity index (χ0v) is 18.4. The molecule has 128 valence electrons. The molecular formula is C14H26O5PtSi2+2. The summed E-state index contributed by atoms with van der Waals surface area (Å²) in [6.07, 6.45) is 1.98. The Hall–Kier alpha value is -0.758. The largest absolute Gasteiger partial charge is 2.00 e. The fourth-order valence-corrected chi connectivity index (χ4v) is 7.12. The zero-order valence-electron chi connectivity index (χ0n) is 14.1. The molecule has 0 radical (unpaired) electrons. The molecule has 0 aromatic heterocycles. The number of hydrogen-bond acceptors (Lipinski definition) is 5. The average Bonchev–Trinajstić information content (AvgIpc) is 2.43. The van der Waals surface area contributed by atoms with Crippen LogP contribution in [-0.2, 0) is 44.2 Å². The molecule has 0 spiro atoms. The second-order valence-corrected chi connectivity index (χ2v) is 13.1. The van der Waals surface area contributed by atoms with E-state index in [4.69, 9.17) is 4.12 Å². The van der Waals surface area contributed by atoms with Crippen molar-refractivity contribution in [3.63, 3.8) is 0 Å². The molecule has 0 bridgehead atoms. The summed E-state index contributed by atoms with van der Waals surface area (Å²) < 4.78 is 14.4. The van der Waals surface area contributed by atoms with Gasteiger partial charge in [0.05, 0.1) is 14.2 Å². The van der Waals surface area contributed by atoms with E-state index in [2.05, 4.69) is 48.8 Å². The molecule has 0 atom stereocenters. The van der Waals surface area contributed by atoms with E-state index in [9.17, 15) is 9.59 Å². The van der Waals surface area contributed by atoms with Gasteiger partial charge >= 0.3 is 33.0 Å². The summed E-state index contributed by atoms with van der Waals surface area (Å²) in [7, 11) is -0.706. The predicted molar refractivity (Wildman–Crippen MR) is 89.6 cm³/mol. The van der Waals surface area contributed by atoms with Crippen LogP contribution >= 0.6 is 0 Å². The Kier molecular flexibility index (Phi) is 15.2. The van der Waals surface area contributed by atoms with Crippen LogP contribution in [0.5, 0.6) is 0 Å². The van der Waals surface area contributed by atoms with Crippen molar-refractivity contribution in [1.29, 1.82) is 0 Å². The molecule has 0 N–H and O–H groups in total. The van der Waals surface area contributed by atoms with E-state index in [-0.39, 0.29) is 21.1 Å². The van der Waals surface area contributed by atoms with Gasteiger partial charge in [0.2, 0.25) is 0 Å². The van der Waals surface area contributed by atoms with Crippen molar-refractivity contribution in [2.75, 3.05) is 14.2 Å². The quantitative estimate of drug-likeness (QED) is 0.303. The van der Waals surface area contributed by atoms with Crippen LogP contribution in [0.4, 0.5) is 0 Å². The summed E-state index contributed by atoms with van der Waals surface area (Å²) in [5.41, 5.74) is 3.93. The summed E-state index contributed by atoms with van der Waals surface area (Å²) in [6, 6.07) is 0. The first-order valence-corrected chi connectivity index (χ1v) is 12.3. The first-order chi connectivity index (χ1) is 9.53. The van der Waals surface area contributed by atoms with Crippen molar-refractivity contribution in [1.82, 2.24) is 0 Å². The van der Waals surface area contributed by atoms with E-state index < -0.39 is 28.6 Å². The molecule has 0 aliphatic carbocycles. The Morgan fingerprint density at radius 3 is 1.27 bits per heavy atom. The van der Waals surface area contributed by atoms with Crippen LogP contribution in [0.3, 0.4) is 0 Å². The number of carbonyl (C=O) groups excluding carboxylic acids is 2. The van der Waals surface area contributed by atoms with Gasteiger partial charge in [-0.2, -0.15) is 0 Å². The summed E-state index contributed by atoms with van der Waals surface area (Å²) in [6.45, 7) is 16.2. The molecule has 0 saturated carbocycles. The van der Waals surface area contributed by atoms with Gasteiger partial charge in [-0.25, -0.2) is 9.59 Å². The molecule has 0 amide bonds. The Morgan fingerprint density at radius 2 is 1.09 bits per heavy atom. The van der Waals surface area contributed by atoms with Crippen LogP contribution in [0.15, 0.2) is 36.7 Å². The normalized spacial score (nSPS) is 10.6. The maximum absolute atomic E-state index is 10.3. The van der Waals surface area contributed by atoms with E-state index >= 15 is 0 Å². The molecule has 0 rings (SSSR count). The van der Waals surface area contributed by atoms with Crippen molar-refractivity contribution in [3.8, 4) is 0 Å². The number of hydrogen-bond donors (Lipinski definition) is 0. The van der Waals surface area contributed by atoms with Crippen LogP contribution < -0.4 is 0 Å². The third kappa shape index (κ3) is 15.6. The molecule has 0 unspecified atom stereocenters. The molecule has 0 fully saturated rings. The predicted octanol–water partition coefficient (Wildman–Crippen LogP) is 2.75. The molecule has 5 nitrogen and oxygen atoms in total. The van der Waals surface area contributed by atoms with Crippen molar-refractivity contribution in [3.05, 3.63) is 36.7 Å². The van der Waals surface area contributed by atoms with Gasteiger partial charge in [0.15, 0.2) is 16.6 Å². The standard InChI is InChI=1S/C8H18OSi2.C6H8O4.Pt/c1-7-10(3,4)9-11(5,6)8-2;1-9-5(7)3-4-6(8)10-2;/h7-8H,1-2H2,3-6H3;3-4H,1-2H3;/q;;+2/b;4-3-;. The molecule has 8 heteroatoms. The average molecular weight is 526 g/mol. The minimum Gasteiger partial charge on any atom is -0.466 e. The third-order valence-corrected chi connectivity index (χ3v) is 8.44. The molecule has 0 aliphatic heterocycles. The van der Waals surface area contributed by atoms with Gasteiger partial charge in [-0.1, -0.05) is 11.4 Å². The number of esters is 2. The SMILES string of the molecule is C=C[Si](C)(C)O[Si](C)(C)C=C.COC(=O)/C=C\C(=O)OC.[Pt+2]. The number of carbonyl (C=O) groups is 2. The summed E-state index contributed by atoms with van der Waals surface area (Å²) >= 11 is 0.